The summed E-state index contributed by atoms with van der Waals surface area (Å²) in [5.41, 5.74) is 0.844. The van der Waals surface area contributed by atoms with Crippen LogP contribution in [0.3, 0.4) is 0 Å². The zero-order chi connectivity index (χ0) is 17.1. The monoisotopic (exact) mass is 339 g/mol. The van der Waals surface area contributed by atoms with Crippen LogP contribution >= 0.6 is 0 Å². The summed E-state index contributed by atoms with van der Waals surface area (Å²) in [5, 5.41) is 12.6. The van der Waals surface area contributed by atoms with Gasteiger partial charge in [-0.2, -0.15) is 5.10 Å². The Labute approximate surface area is 145 Å². The maximum Gasteiger partial charge on any atom is 0.266 e. The predicted molar refractivity (Wildman–Crippen MR) is 93.2 cm³/mol. The van der Waals surface area contributed by atoms with Crippen molar-refractivity contribution in [2.24, 2.45) is 0 Å². The van der Waals surface area contributed by atoms with E-state index in [9.17, 15) is 4.79 Å². The van der Waals surface area contributed by atoms with E-state index in [1.807, 2.05) is 28.8 Å². The molecule has 0 radical (unpaired) electrons. The van der Waals surface area contributed by atoms with E-state index in [0.717, 1.165) is 50.7 Å². The number of hydrogen-bond acceptors (Lipinski definition) is 6. The van der Waals surface area contributed by atoms with E-state index in [0.29, 0.717) is 6.54 Å². The quantitative estimate of drug-likeness (QED) is 0.657. The van der Waals surface area contributed by atoms with E-state index in [1.165, 1.54) is 4.68 Å². The largest absolute Gasteiger partial charge is 0.299 e. The van der Waals surface area contributed by atoms with Crippen molar-refractivity contribution in [1.82, 2.24) is 34.2 Å². The average Bonchev–Trinajstić information content (AvgIpc) is 3.05. The molecule has 0 aliphatic carbocycles. The van der Waals surface area contributed by atoms with Gasteiger partial charge in [0, 0.05) is 51.2 Å². The van der Waals surface area contributed by atoms with E-state index in [1.54, 1.807) is 18.3 Å². The molecule has 1 saturated heterocycles. The van der Waals surface area contributed by atoms with E-state index >= 15 is 0 Å². The highest BCUT2D eigenvalue weighted by molar-refractivity contribution is 5.36. The van der Waals surface area contributed by atoms with Gasteiger partial charge in [0.2, 0.25) is 0 Å². The molecule has 8 nitrogen and oxygen atoms in total. The molecule has 0 N–H and O–H groups in total. The first-order valence-electron chi connectivity index (χ1n) is 8.55. The predicted octanol–water partition coefficient (Wildman–Crippen LogP) is 0.104. The average molecular weight is 339 g/mol. The van der Waals surface area contributed by atoms with Crippen molar-refractivity contribution < 1.29 is 0 Å². The third-order valence-electron chi connectivity index (χ3n) is 4.63. The minimum atomic E-state index is -0.0418. The Morgan fingerprint density at radius 1 is 0.920 bits per heavy atom. The van der Waals surface area contributed by atoms with Crippen molar-refractivity contribution in [2.75, 3.05) is 32.7 Å². The van der Waals surface area contributed by atoms with Gasteiger partial charge in [-0.15, -0.1) is 10.2 Å². The van der Waals surface area contributed by atoms with E-state index in [2.05, 4.69) is 25.1 Å². The Balaban J connectivity index is 1.30. The first kappa shape index (κ1) is 15.9. The summed E-state index contributed by atoms with van der Waals surface area (Å²) >= 11 is 0. The second kappa shape index (κ2) is 7.12. The van der Waals surface area contributed by atoms with Crippen molar-refractivity contribution in [1.29, 1.82) is 0 Å². The molecule has 130 valence electrons. The molecule has 0 saturated carbocycles. The van der Waals surface area contributed by atoms with Crippen LogP contribution in [0.2, 0.25) is 0 Å². The summed E-state index contributed by atoms with van der Waals surface area (Å²) in [5.74, 6) is 0.976. The van der Waals surface area contributed by atoms with Crippen LogP contribution in [0.5, 0.6) is 0 Å². The number of aromatic nitrogens is 5. The summed E-state index contributed by atoms with van der Waals surface area (Å²) in [6.07, 6.45) is 3.66. The number of rotatable bonds is 5. The van der Waals surface area contributed by atoms with Gasteiger partial charge in [0.05, 0.1) is 13.1 Å². The van der Waals surface area contributed by atoms with Gasteiger partial charge in [-0.1, -0.05) is 6.07 Å². The van der Waals surface area contributed by atoms with Crippen LogP contribution in [0, 0.1) is 0 Å². The van der Waals surface area contributed by atoms with E-state index in [-0.39, 0.29) is 5.56 Å². The Morgan fingerprint density at radius 3 is 2.60 bits per heavy atom. The van der Waals surface area contributed by atoms with Crippen molar-refractivity contribution >= 4 is 5.65 Å². The molecule has 0 aromatic carbocycles. The molecule has 0 unspecified atom stereocenters. The standard InChI is InChI=1S/C17H21N7O/c25-17-5-3-6-18-24(17)13-12-21-8-10-22(11-9-21)14-16-20-19-15-4-1-2-7-23(15)16/h1-7H,8-14H2. The highest BCUT2D eigenvalue weighted by Gasteiger charge is 2.18. The van der Waals surface area contributed by atoms with Gasteiger partial charge in [-0.3, -0.25) is 19.0 Å². The van der Waals surface area contributed by atoms with E-state index < -0.39 is 0 Å². The molecule has 0 spiro atoms. The van der Waals surface area contributed by atoms with Gasteiger partial charge >= 0.3 is 0 Å². The zero-order valence-corrected chi connectivity index (χ0v) is 14.0. The second-order valence-corrected chi connectivity index (χ2v) is 6.25. The zero-order valence-electron chi connectivity index (χ0n) is 14.0. The van der Waals surface area contributed by atoms with E-state index in [4.69, 9.17) is 0 Å². The van der Waals surface area contributed by atoms with Crippen LogP contribution < -0.4 is 5.56 Å². The van der Waals surface area contributed by atoms with Crippen LogP contribution in [0.15, 0.2) is 47.5 Å². The molecular formula is C17H21N7O. The molecule has 1 aliphatic rings. The summed E-state index contributed by atoms with van der Waals surface area (Å²) in [4.78, 5) is 16.5. The molecule has 1 aliphatic heterocycles. The Kier molecular flexibility index (Phi) is 4.53. The number of piperazine rings is 1. The number of nitrogens with zero attached hydrogens (tertiary/aromatic N) is 7. The Morgan fingerprint density at radius 2 is 1.76 bits per heavy atom. The van der Waals surface area contributed by atoms with Gasteiger partial charge in [0.25, 0.3) is 5.56 Å². The first-order chi connectivity index (χ1) is 12.3. The lowest BCUT2D eigenvalue weighted by atomic mass is 10.3. The summed E-state index contributed by atoms with van der Waals surface area (Å²) in [6, 6.07) is 9.16. The third-order valence-corrected chi connectivity index (χ3v) is 4.63. The van der Waals surface area contributed by atoms with Gasteiger partial charge < -0.3 is 0 Å². The van der Waals surface area contributed by atoms with Crippen molar-refractivity contribution in [3.63, 3.8) is 0 Å². The molecule has 4 rings (SSSR count). The van der Waals surface area contributed by atoms with Gasteiger partial charge in [-0.25, -0.2) is 4.68 Å². The highest BCUT2D eigenvalue weighted by atomic mass is 16.1. The molecule has 8 heteroatoms. The van der Waals surface area contributed by atoms with Crippen LogP contribution in [0.4, 0.5) is 0 Å². The lowest BCUT2D eigenvalue weighted by Crippen LogP contribution is -2.47. The van der Waals surface area contributed by atoms with Gasteiger partial charge in [0.15, 0.2) is 11.5 Å². The Bertz CT molecular complexity index is 895. The van der Waals surface area contributed by atoms with Gasteiger partial charge in [-0.05, 0) is 18.2 Å². The maximum absolute atomic E-state index is 11.7. The van der Waals surface area contributed by atoms with Gasteiger partial charge in [0.1, 0.15) is 0 Å². The SMILES string of the molecule is O=c1cccnn1CCN1CCN(Cc2nnc3ccccn23)CC1. The number of pyridine rings is 1. The molecule has 3 aromatic heterocycles. The topological polar surface area (TPSA) is 71.6 Å². The number of fused-ring (bicyclic) bond motifs is 1. The third kappa shape index (κ3) is 3.59. The summed E-state index contributed by atoms with van der Waals surface area (Å²) in [7, 11) is 0. The minimum absolute atomic E-state index is 0.0418. The van der Waals surface area contributed by atoms with Crippen LogP contribution in [-0.4, -0.2) is 66.9 Å². The first-order valence-corrected chi connectivity index (χ1v) is 8.55. The van der Waals surface area contributed by atoms with Crippen molar-refractivity contribution in [3.8, 4) is 0 Å². The molecule has 3 aromatic rings. The lowest BCUT2D eigenvalue weighted by Gasteiger charge is -2.34. The van der Waals surface area contributed by atoms with Crippen LogP contribution in [0.1, 0.15) is 5.82 Å². The molecule has 0 bridgehead atoms. The minimum Gasteiger partial charge on any atom is -0.299 e. The smallest absolute Gasteiger partial charge is 0.266 e. The second-order valence-electron chi connectivity index (χ2n) is 6.25. The molecule has 25 heavy (non-hydrogen) atoms. The highest BCUT2D eigenvalue weighted by Crippen LogP contribution is 2.09. The lowest BCUT2D eigenvalue weighted by molar-refractivity contribution is 0.120. The van der Waals surface area contributed by atoms with Crippen molar-refractivity contribution in [2.45, 2.75) is 13.1 Å². The molecule has 4 heterocycles. The molecule has 1 fully saturated rings. The summed E-state index contributed by atoms with van der Waals surface area (Å²) in [6.45, 7) is 6.22. The molecular weight excluding hydrogens is 318 g/mol. The fraction of sp³-hybridized carbons (Fsp3) is 0.412. The summed E-state index contributed by atoms with van der Waals surface area (Å²) < 4.78 is 3.56. The fourth-order valence-electron chi connectivity index (χ4n) is 3.16. The molecule has 0 amide bonds. The maximum atomic E-state index is 11.7. The fourth-order valence-corrected chi connectivity index (χ4v) is 3.16. The Hall–Kier alpha value is -2.58. The normalized spacial score (nSPS) is 16.5. The van der Waals surface area contributed by atoms with Crippen LogP contribution in [-0.2, 0) is 13.1 Å². The number of hydrogen-bond donors (Lipinski definition) is 0. The molecule has 0 atom stereocenters. The van der Waals surface area contributed by atoms with Crippen LogP contribution in [0.25, 0.3) is 5.65 Å². The van der Waals surface area contributed by atoms with Crippen molar-refractivity contribution in [3.05, 3.63) is 58.9 Å².